The van der Waals surface area contributed by atoms with Crippen LogP contribution in [-0.4, -0.2) is 44.0 Å². The first-order valence-corrected chi connectivity index (χ1v) is 12.4. The molecule has 0 aliphatic carbocycles. The van der Waals surface area contributed by atoms with Crippen molar-refractivity contribution in [2.75, 3.05) is 31.0 Å². The number of aliphatic hydroxyl groups excluding tert-OH is 1. The zero-order valence-corrected chi connectivity index (χ0v) is 22.4. The summed E-state index contributed by atoms with van der Waals surface area (Å²) in [6.45, 7) is 0. The molecule has 192 valence electrons. The molecule has 38 heavy (non-hydrogen) atoms. The summed E-state index contributed by atoms with van der Waals surface area (Å²) in [6.07, 6.45) is 0. The highest BCUT2D eigenvalue weighted by molar-refractivity contribution is 9.10. The van der Waals surface area contributed by atoms with Crippen LogP contribution in [0.4, 0.5) is 11.4 Å². The summed E-state index contributed by atoms with van der Waals surface area (Å²) in [5.41, 5.74) is 2.44. The van der Waals surface area contributed by atoms with Crippen molar-refractivity contribution < 1.29 is 28.6 Å². The van der Waals surface area contributed by atoms with Crippen molar-refractivity contribution in [2.45, 2.75) is 6.04 Å². The molecule has 0 bridgehead atoms. The van der Waals surface area contributed by atoms with Gasteiger partial charge in [0.05, 0.1) is 24.3 Å². The summed E-state index contributed by atoms with van der Waals surface area (Å²) in [7, 11) is 5.07. The second kappa shape index (κ2) is 9.83. The topological polar surface area (TPSA) is 100 Å². The Bertz CT molecular complexity index is 1620. The van der Waals surface area contributed by atoms with E-state index in [1.807, 2.05) is 37.2 Å². The second-order valence-electron chi connectivity index (χ2n) is 8.99. The molecule has 0 saturated carbocycles. The molecule has 1 unspecified atom stereocenters. The van der Waals surface area contributed by atoms with E-state index in [1.54, 1.807) is 48.5 Å². The Morgan fingerprint density at radius 2 is 1.76 bits per heavy atom. The number of hydrogen-bond acceptors (Lipinski definition) is 7. The molecule has 1 aromatic heterocycles. The van der Waals surface area contributed by atoms with Crippen molar-refractivity contribution in [1.29, 1.82) is 0 Å². The molecule has 1 aliphatic heterocycles. The smallest absolute Gasteiger partial charge is 0.337 e. The maximum atomic E-state index is 13.8. The normalized spacial score (nSPS) is 15.3. The van der Waals surface area contributed by atoms with Crippen LogP contribution in [0.3, 0.4) is 0 Å². The number of ether oxygens (including phenoxy) is 1. The number of esters is 1. The predicted molar refractivity (Wildman–Crippen MR) is 147 cm³/mol. The first-order valence-electron chi connectivity index (χ1n) is 11.7. The average molecular weight is 575 g/mol. The third-order valence-electron chi connectivity index (χ3n) is 6.43. The Morgan fingerprint density at radius 1 is 1.03 bits per heavy atom. The highest BCUT2D eigenvalue weighted by Gasteiger charge is 2.45. The number of aliphatic hydroxyl groups is 1. The number of halogens is 1. The van der Waals surface area contributed by atoms with E-state index in [2.05, 4.69) is 15.9 Å². The molecule has 1 aliphatic rings. The number of fused-ring (bicyclic) bond motifs is 1. The van der Waals surface area contributed by atoms with E-state index >= 15 is 0 Å². The van der Waals surface area contributed by atoms with Gasteiger partial charge in [-0.05, 0) is 60.2 Å². The number of amides is 1. The van der Waals surface area contributed by atoms with Crippen LogP contribution in [0.1, 0.15) is 32.5 Å². The Kier molecular flexibility index (Phi) is 6.54. The SMILES string of the molecule is COC(=O)c1cccc(N2C(=O)C(O)=C(C(=O)c3cc4cc(Br)ccc4o3)C2c2ccc(N(C)C)cc2)c1. The minimum atomic E-state index is -0.973. The van der Waals surface area contributed by atoms with E-state index in [1.165, 1.54) is 18.1 Å². The molecule has 0 spiro atoms. The lowest BCUT2D eigenvalue weighted by Crippen LogP contribution is -2.31. The van der Waals surface area contributed by atoms with Gasteiger partial charge in [-0.1, -0.05) is 34.1 Å². The fourth-order valence-corrected chi connectivity index (χ4v) is 4.91. The van der Waals surface area contributed by atoms with Crippen molar-refractivity contribution in [3.63, 3.8) is 0 Å². The van der Waals surface area contributed by atoms with Gasteiger partial charge >= 0.3 is 5.97 Å². The molecule has 3 aromatic carbocycles. The maximum absolute atomic E-state index is 13.8. The number of carbonyl (C=O) groups excluding carboxylic acids is 3. The quantitative estimate of drug-likeness (QED) is 0.228. The molecule has 8 nitrogen and oxygen atoms in total. The molecule has 5 rings (SSSR count). The first-order chi connectivity index (χ1) is 18.2. The van der Waals surface area contributed by atoms with Crippen molar-refractivity contribution in [3.05, 3.63) is 105 Å². The van der Waals surface area contributed by atoms with Crippen molar-refractivity contribution in [2.24, 2.45) is 0 Å². The summed E-state index contributed by atoms with van der Waals surface area (Å²) in [6, 6.07) is 19.5. The van der Waals surface area contributed by atoms with Gasteiger partial charge in [0.15, 0.2) is 11.5 Å². The number of Topliss-reactive ketones (excluding diaryl/α,β-unsaturated/α-hetero) is 1. The van der Waals surface area contributed by atoms with Crippen LogP contribution < -0.4 is 9.80 Å². The third kappa shape index (κ3) is 4.35. The van der Waals surface area contributed by atoms with Gasteiger partial charge in [0.25, 0.3) is 5.91 Å². The van der Waals surface area contributed by atoms with Crippen LogP contribution in [0, 0.1) is 0 Å². The molecule has 0 radical (unpaired) electrons. The second-order valence-corrected chi connectivity index (χ2v) is 9.91. The molecular formula is C29H23BrN2O6. The van der Waals surface area contributed by atoms with Crippen LogP contribution in [0.2, 0.25) is 0 Å². The molecule has 2 heterocycles. The zero-order valence-electron chi connectivity index (χ0n) is 20.8. The van der Waals surface area contributed by atoms with E-state index in [4.69, 9.17) is 9.15 Å². The summed E-state index contributed by atoms with van der Waals surface area (Å²) in [5.74, 6) is -2.64. The van der Waals surface area contributed by atoms with Crippen LogP contribution >= 0.6 is 15.9 Å². The van der Waals surface area contributed by atoms with Gasteiger partial charge < -0.3 is 19.2 Å². The fraction of sp³-hybridized carbons (Fsp3) is 0.138. The van der Waals surface area contributed by atoms with Gasteiger partial charge in [0, 0.05) is 35.3 Å². The number of hydrogen-bond donors (Lipinski definition) is 1. The van der Waals surface area contributed by atoms with E-state index in [0.29, 0.717) is 22.2 Å². The summed E-state index contributed by atoms with van der Waals surface area (Å²) >= 11 is 3.41. The van der Waals surface area contributed by atoms with E-state index in [0.717, 1.165) is 10.2 Å². The number of anilines is 2. The molecule has 1 amide bonds. The van der Waals surface area contributed by atoms with E-state index in [-0.39, 0.29) is 16.9 Å². The standard InChI is InChI=1S/C29H23BrN2O6/c1-31(2)20-10-7-16(8-11-20)25-24(26(33)23-15-18-13-19(30)9-12-22(18)38-23)27(34)28(35)32(25)21-6-4-5-17(14-21)29(36)37-3/h4-15,25,34H,1-3H3. The molecule has 0 saturated heterocycles. The number of methoxy groups -OCH3 is 1. The summed E-state index contributed by atoms with van der Waals surface area (Å²) in [4.78, 5) is 42.7. The Hall–Kier alpha value is -4.37. The molecule has 9 heteroatoms. The lowest BCUT2D eigenvalue weighted by atomic mass is 9.94. The highest BCUT2D eigenvalue weighted by Crippen LogP contribution is 2.43. The van der Waals surface area contributed by atoms with Crippen molar-refractivity contribution >= 4 is 55.9 Å². The maximum Gasteiger partial charge on any atom is 0.337 e. The fourth-order valence-electron chi connectivity index (χ4n) is 4.53. The number of ketones is 1. The van der Waals surface area contributed by atoms with Gasteiger partial charge in [-0.15, -0.1) is 0 Å². The zero-order chi connectivity index (χ0) is 27.1. The average Bonchev–Trinajstić information content (AvgIpc) is 3.46. The minimum Gasteiger partial charge on any atom is -0.503 e. The lowest BCUT2D eigenvalue weighted by Gasteiger charge is -2.27. The Morgan fingerprint density at radius 3 is 2.45 bits per heavy atom. The summed E-state index contributed by atoms with van der Waals surface area (Å²) in [5, 5.41) is 11.8. The highest BCUT2D eigenvalue weighted by atomic mass is 79.9. The monoisotopic (exact) mass is 574 g/mol. The molecule has 0 fully saturated rings. The Balaban J connectivity index is 1.65. The number of nitrogens with zero attached hydrogens (tertiary/aromatic N) is 2. The van der Waals surface area contributed by atoms with Gasteiger partial charge in [-0.25, -0.2) is 4.79 Å². The number of furan rings is 1. The van der Waals surface area contributed by atoms with Gasteiger partial charge in [0.2, 0.25) is 5.78 Å². The first kappa shape index (κ1) is 25.3. The molecule has 4 aromatic rings. The van der Waals surface area contributed by atoms with Gasteiger partial charge in [-0.3, -0.25) is 14.5 Å². The van der Waals surface area contributed by atoms with E-state index in [9.17, 15) is 19.5 Å². The van der Waals surface area contributed by atoms with Gasteiger partial charge in [0.1, 0.15) is 5.58 Å². The van der Waals surface area contributed by atoms with Gasteiger partial charge in [-0.2, -0.15) is 0 Å². The predicted octanol–water partition coefficient (Wildman–Crippen LogP) is 5.83. The number of rotatable bonds is 6. The van der Waals surface area contributed by atoms with E-state index < -0.39 is 29.5 Å². The third-order valence-corrected chi connectivity index (χ3v) is 6.92. The van der Waals surface area contributed by atoms with Crippen molar-refractivity contribution in [3.8, 4) is 0 Å². The minimum absolute atomic E-state index is 0.00692. The Labute approximate surface area is 226 Å². The number of benzene rings is 3. The van der Waals surface area contributed by atoms with Crippen LogP contribution in [-0.2, 0) is 9.53 Å². The molecular weight excluding hydrogens is 552 g/mol. The van der Waals surface area contributed by atoms with Crippen LogP contribution in [0.25, 0.3) is 11.0 Å². The largest absolute Gasteiger partial charge is 0.503 e. The van der Waals surface area contributed by atoms with Crippen molar-refractivity contribution in [1.82, 2.24) is 0 Å². The van der Waals surface area contributed by atoms with Crippen LogP contribution in [0.5, 0.6) is 0 Å². The molecule has 1 N–H and O–H groups in total. The van der Waals surface area contributed by atoms with Crippen LogP contribution in [0.15, 0.2) is 93.0 Å². The molecule has 1 atom stereocenters. The lowest BCUT2D eigenvalue weighted by molar-refractivity contribution is -0.117. The number of carbonyl (C=O) groups is 3. The summed E-state index contributed by atoms with van der Waals surface area (Å²) < 4.78 is 11.5.